The Morgan fingerprint density at radius 3 is 2.35 bits per heavy atom. The van der Waals surface area contributed by atoms with Gasteiger partial charge in [0.1, 0.15) is 11.9 Å². The molecule has 0 heterocycles. The Kier molecular flexibility index (Phi) is 7.56. The van der Waals surface area contributed by atoms with E-state index >= 15 is 0 Å². The van der Waals surface area contributed by atoms with Crippen LogP contribution in [0.25, 0.3) is 0 Å². The van der Waals surface area contributed by atoms with Crippen molar-refractivity contribution in [2.45, 2.75) is 64.4 Å². The number of ether oxygens (including phenoxy) is 2. The SMILES string of the molecule is CCCCCC(=O)OC1CCC(C(=O)Oc2ccc([N+](=O)[O-])cc2)CC1. The lowest BCUT2D eigenvalue weighted by Crippen LogP contribution is -2.30. The number of non-ortho nitro benzene ring substituents is 1. The molecule has 0 saturated heterocycles. The molecule has 1 fully saturated rings. The van der Waals surface area contributed by atoms with Crippen molar-refractivity contribution in [2.75, 3.05) is 0 Å². The van der Waals surface area contributed by atoms with E-state index in [9.17, 15) is 19.7 Å². The number of hydrogen-bond donors (Lipinski definition) is 0. The van der Waals surface area contributed by atoms with Crippen molar-refractivity contribution in [1.29, 1.82) is 0 Å². The van der Waals surface area contributed by atoms with Crippen molar-refractivity contribution >= 4 is 17.6 Å². The third-order valence-corrected chi connectivity index (χ3v) is 4.56. The molecule has 7 nitrogen and oxygen atoms in total. The molecule has 26 heavy (non-hydrogen) atoms. The molecule has 1 aliphatic rings. The number of nitrogens with zero attached hydrogens (tertiary/aromatic N) is 1. The molecule has 0 spiro atoms. The summed E-state index contributed by atoms with van der Waals surface area (Å²) in [4.78, 5) is 34.1. The van der Waals surface area contributed by atoms with E-state index in [2.05, 4.69) is 6.92 Å². The molecule has 0 N–H and O–H groups in total. The second-order valence-electron chi connectivity index (χ2n) is 6.59. The second kappa shape index (κ2) is 9.89. The van der Waals surface area contributed by atoms with Crippen LogP contribution in [0.2, 0.25) is 0 Å². The average molecular weight is 363 g/mol. The molecule has 1 aliphatic carbocycles. The van der Waals surface area contributed by atoms with E-state index in [1.807, 2.05) is 0 Å². The van der Waals surface area contributed by atoms with Crippen LogP contribution in [0.15, 0.2) is 24.3 Å². The Bertz CT molecular complexity index is 619. The standard InChI is InChI=1S/C19H25NO6/c1-2-3-4-5-18(21)25-16-10-6-14(7-11-16)19(22)26-17-12-8-15(9-13-17)20(23)24/h8-9,12-14,16H,2-7,10-11H2,1H3. The zero-order chi connectivity index (χ0) is 18.9. The Morgan fingerprint density at radius 1 is 1.12 bits per heavy atom. The molecule has 0 unspecified atom stereocenters. The smallest absolute Gasteiger partial charge is 0.314 e. The summed E-state index contributed by atoms with van der Waals surface area (Å²) in [5, 5.41) is 10.6. The number of nitro benzene ring substituents is 1. The Balaban J connectivity index is 1.74. The zero-order valence-corrected chi connectivity index (χ0v) is 15.0. The fourth-order valence-corrected chi connectivity index (χ4v) is 3.02. The first kappa shape index (κ1) is 19.9. The van der Waals surface area contributed by atoms with Crippen LogP contribution >= 0.6 is 0 Å². The van der Waals surface area contributed by atoms with Gasteiger partial charge in [-0.2, -0.15) is 0 Å². The van der Waals surface area contributed by atoms with Crippen LogP contribution in [0, 0.1) is 16.0 Å². The van der Waals surface area contributed by atoms with E-state index in [0.29, 0.717) is 37.9 Å². The zero-order valence-electron chi connectivity index (χ0n) is 15.0. The highest BCUT2D eigenvalue weighted by atomic mass is 16.6. The lowest BCUT2D eigenvalue weighted by Gasteiger charge is -2.27. The number of rotatable bonds is 8. The fourth-order valence-electron chi connectivity index (χ4n) is 3.02. The summed E-state index contributed by atoms with van der Waals surface area (Å²) in [6.07, 6.45) is 5.80. The topological polar surface area (TPSA) is 95.7 Å². The minimum atomic E-state index is -0.504. The molecule has 2 rings (SSSR count). The van der Waals surface area contributed by atoms with Crippen LogP contribution < -0.4 is 4.74 Å². The molecule has 1 aromatic carbocycles. The summed E-state index contributed by atoms with van der Waals surface area (Å²) in [5.74, 6) is -0.438. The summed E-state index contributed by atoms with van der Waals surface area (Å²) < 4.78 is 10.8. The summed E-state index contributed by atoms with van der Waals surface area (Å²) >= 11 is 0. The van der Waals surface area contributed by atoms with Gasteiger partial charge in [0.15, 0.2) is 0 Å². The molecule has 0 radical (unpaired) electrons. The first-order chi connectivity index (χ1) is 12.5. The highest BCUT2D eigenvalue weighted by Gasteiger charge is 2.29. The van der Waals surface area contributed by atoms with Gasteiger partial charge in [0, 0.05) is 18.6 Å². The number of nitro groups is 1. The van der Waals surface area contributed by atoms with Crippen molar-refractivity contribution < 1.29 is 24.0 Å². The summed E-state index contributed by atoms with van der Waals surface area (Å²) in [6, 6.07) is 5.44. The van der Waals surface area contributed by atoms with Crippen molar-refractivity contribution in [3.63, 3.8) is 0 Å². The van der Waals surface area contributed by atoms with Gasteiger partial charge in [0.05, 0.1) is 10.8 Å². The van der Waals surface area contributed by atoms with E-state index in [4.69, 9.17) is 9.47 Å². The van der Waals surface area contributed by atoms with E-state index in [1.165, 1.54) is 24.3 Å². The monoisotopic (exact) mass is 363 g/mol. The van der Waals surface area contributed by atoms with Crippen LogP contribution in [0.1, 0.15) is 58.3 Å². The molecule has 0 aliphatic heterocycles. The molecule has 0 atom stereocenters. The summed E-state index contributed by atoms with van der Waals surface area (Å²) in [6.45, 7) is 2.09. The van der Waals surface area contributed by atoms with Gasteiger partial charge >= 0.3 is 11.9 Å². The third-order valence-electron chi connectivity index (χ3n) is 4.56. The van der Waals surface area contributed by atoms with Crippen LogP contribution in [-0.4, -0.2) is 23.0 Å². The molecular formula is C19H25NO6. The predicted octanol–water partition coefficient (Wildman–Crippen LogP) is 4.18. The predicted molar refractivity (Wildman–Crippen MR) is 94.7 cm³/mol. The van der Waals surface area contributed by atoms with Crippen LogP contribution in [0.4, 0.5) is 5.69 Å². The number of carbonyl (C=O) groups excluding carboxylic acids is 2. The average Bonchev–Trinajstić information content (AvgIpc) is 2.63. The van der Waals surface area contributed by atoms with Gasteiger partial charge < -0.3 is 9.47 Å². The largest absolute Gasteiger partial charge is 0.462 e. The molecule has 1 aromatic rings. The van der Waals surface area contributed by atoms with E-state index in [-0.39, 0.29) is 29.6 Å². The van der Waals surface area contributed by atoms with E-state index < -0.39 is 4.92 Å². The maximum absolute atomic E-state index is 12.2. The highest BCUT2D eigenvalue weighted by molar-refractivity contribution is 5.75. The maximum Gasteiger partial charge on any atom is 0.314 e. The van der Waals surface area contributed by atoms with Crippen molar-refractivity contribution in [1.82, 2.24) is 0 Å². The van der Waals surface area contributed by atoms with Gasteiger partial charge in [-0.25, -0.2) is 0 Å². The lowest BCUT2D eigenvalue weighted by molar-refractivity contribution is -0.384. The molecule has 1 saturated carbocycles. The summed E-state index contributed by atoms with van der Waals surface area (Å²) in [5.41, 5.74) is -0.0499. The second-order valence-corrected chi connectivity index (χ2v) is 6.59. The van der Waals surface area contributed by atoms with Crippen molar-refractivity contribution in [2.24, 2.45) is 5.92 Å². The first-order valence-electron chi connectivity index (χ1n) is 9.15. The molecular weight excluding hydrogens is 338 g/mol. The number of benzene rings is 1. The number of esters is 2. The number of carbonyl (C=O) groups is 2. The Labute approximate surface area is 152 Å². The van der Waals surface area contributed by atoms with Gasteiger partial charge in [-0.05, 0) is 44.2 Å². The molecule has 0 bridgehead atoms. The number of hydrogen-bond acceptors (Lipinski definition) is 6. The van der Waals surface area contributed by atoms with Gasteiger partial charge in [0.2, 0.25) is 0 Å². The maximum atomic E-state index is 12.2. The Hall–Kier alpha value is -2.44. The minimum Gasteiger partial charge on any atom is -0.462 e. The van der Waals surface area contributed by atoms with Gasteiger partial charge in [-0.15, -0.1) is 0 Å². The molecule has 142 valence electrons. The highest BCUT2D eigenvalue weighted by Crippen LogP contribution is 2.28. The quantitative estimate of drug-likeness (QED) is 0.226. The van der Waals surface area contributed by atoms with Crippen molar-refractivity contribution in [3.8, 4) is 5.75 Å². The summed E-state index contributed by atoms with van der Waals surface area (Å²) in [7, 11) is 0. The van der Waals surface area contributed by atoms with Gasteiger partial charge in [-0.3, -0.25) is 19.7 Å². The van der Waals surface area contributed by atoms with Crippen LogP contribution in [-0.2, 0) is 14.3 Å². The van der Waals surface area contributed by atoms with E-state index in [1.54, 1.807) is 0 Å². The Morgan fingerprint density at radius 2 is 1.77 bits per heavy atom. The first-order valence-corrected chi connectivity index (χ1v) is 9.15. The van der Waals surface area contributed by atoms with Crippen LogP contribution in [0.5, 0.6) is 5.75 Å². The van der Waals surface area contributed by atoms with E-state index in [0.717, 1.165) is 19.3 Å². The van der Waals surface area contributed by atoms with Crippen molar-refractivity contribution in [3.05, 3.63) is 34.4 Å². The fraction of sp³-hybridized carbons (Fsp3) is 0.579. The minimum absolute atomic E-state index is 0.0499. The number of unbranched alkanes of at least 4 members (excludes halogenated alkanes) is 2. The normalized spacial score (nSPS) is 19.6. The molecule has 0 amide bonds. The third kappa shape index (κ3) is 6.13. The molecule has 7 heteroatoms. The molecule has 0 aromatic heterocycles. The van der Waals surface area contributed by atoms with Gasteiger partial charge in [0.25, 0.3) is 5.69 Å². The lowest BCUT2D eigenvalue weighted by atomic mass is 9.87. The van der Waals surface area contributed by atoms with Gasteiger partial charge in [-0.1, -0.05) is 19.8 Å². The van der Waals surface area contributed by atoms with Crippen LogP contribution in [0.3, 0.4) is 0 Å².